The maximum atomic E-state index is 12.8. The van der Waals surface area contributed by atoms with E-state index in [9.17, 15) is 13.2 Å². The first-order valence-electron chi connectivity index (χ1n) is 8.46. The van der Waals surface area contributed by atoms with Gasteiger partial charge in [0.05, 0.1) is 16.5 Å². The van der Waals surface area contributed by atoms with Crippen molar-refractivity contribution in [1.82, 2.24) is 4.90 Å². The molecule has 1 saturated heterocycles. The highest BCUT2D eigenvalue weighted by molar-refractivity contribution is 7.91. The van der Waals surface area contributed by atoms with Crippen LogP contribution < -0.4 is 4.74 Å². The topological polar surface area (TPSA) is 63.7 Å². The van der Waals surface area contributed by atoms with Gasteiger partial charge in [0, 0.05) is 12.1 Å². The fourth-order valence-electron chi connectivity index (χ4n) is 3.69. The van der Waals surface area contributed by atoms with Gasteiger partial charge in [-0.3, -0.25) is 4.79 Å². The molecule has 1 aromatic rings. The molecule has 1 amide bonds. The minimum atomic E-state index is -3.06. The molecule has 8 heteroatoms. The third-order valence-corrected chi connectivity index (χ3v) is 7.43. The Bertz CT molecular complexity index is 747. The highest BCUT2D eigenvalue weighted by Gasteiger charge is 2.39. The lowest BCUT2D eigenvalue weighted by atomic mass is 10.1. The Labute approximate surface area is 158 Å². The molecule has 2 fully saturated rings. The predicted octanol–water partition coefficient (Wildman–Crippen LogP) is 3.33. The summed E-state index contributed by atoms with van der Waals surface area (Å²) in [6.45, 7) is -0.174. The fourth-order valence-corrected chi connectivity index (χ4v) is 5.75. The van der Waals surface area contributed by atoms with E-state index in [4.69, 9.17) is 27.9 Å². The van der Waals surface area contributed by atoms with Crippen molar-refractivity contribution in [2.24, 2.45) is 0 Å². The lowest BCUT2D eigenvalue weighted by Crippen LogP contribution is -2.48. The van der Waals surface area contributed by atoms with Crippen molar-refractivity contribution >= 4 is 38.9 Å². The molecule has 0 bridgehead atoms. The number of amides is 1. The first-order chi connectivity index (χ1) is 11.9. The average Bonchev–Trinajstić information content (AvgIpc) is 3.19. The van der Waals surface area contributed by atoms with Crippen LogP contribution in [-0.2, 0) is 14.6 Å². The highest BCUT2D eigenvalue weighted by atomic mass is 35.5. The van der Waals surface area contributed by atoms with E-state index >= 15 is 0 Å². The van der Waals surface area contributed by atoms with E-state index in [-0.39, 0.29) is 41.1 Å². The molecule has 1 aromatic carbocycles. The van der Waals surface area contributed by atoms with Gasteiger partial charge in [-0.2, -0.15) is 0 Å². The Balaban J connectivity index is 1.72. The monoisotopic (exact) mass is 405 g/mol. The van der Waals surface area contributed by atoms with Crippen molar-refractivity contribution < 1.29 is 17.9 Å². The standard InChI is InChI=1S/C17H21Cl2NO4S/c18-14-6-3-7-15(17(14)19)24-10-16(21)20(12-4-1-2-5-12)13-8-9-25(22,23)11-13/h3,6-7,12-13H,1-2,4-5,8-11H2. The zero-order chi connectivity index (χ0) is 18.0. The molecule has 3 rings (SSSR count). The number of halogens is 2. The zero-order valence-corrected chi connectivity index (χ0v) is 16.1. The third kappa shape index (κ3) is 4.41. The lowest BCUT2D eigenvalue weighted by Gasteiger charge is -2.34. The number of rotatable bonds is 5. The molecule has 1 saturated carbocycles. The molecule has 0 radical (unpaired) electrons. The van der Waals surface area contributed by atoms with E-state index in [0.29, 0.717) is 17.2 Å². The Morgan fingerprint density at radius 2 is 1.88 bits per heavy atom. The van der Waals surface area contributed by atoms with Gasteiger partial charge in [-0.1, -0.05) is 42.1 Å². The van der Waals surface area contributed by atoms with Gasteiger partial charge in [-0.15, -0.1) is 0 Å². The molecular weight excluding hydrogens is 385 g/mol. The number of carbonyl (C=O) groups is 1. The molecule has 0 spiro atoms. The largest absolute Gasteiger partial charge is 0.482 e. The quantitative estimate of drug-likeness (QED) is 0.753. The molecule has 1 atom stereocenters. The van der Waals surface area contributed by atoms with Gasteiger partial charge in [-0.05, 0) is 31.4 Å². The summed E-state index contributed by atoms with van der Waals surface area (Å²) in [5.41, 5.74) is 0. The Kier molecular flexibility index (Phi) is 5.81. The van der Waals surface area contributed by atoms with E-state index in [1.165, 1.54) is 0 Å². The number of carbonyl (C=O) groups excluding carboxylic acids is 1. The average molecular weight is 406 g/mol. The van der Waals surface area contributed by atoms with Crippen LogP contribution in [-0.4, -0.2) is 49.4 Å². The maximum absolute atomic E-state index is 12.8. The minimum absolute atomic E-state index is 0.0488. The number of hydrogen-bond acceptors (Lipinski definition) is 4. The molecule has 5 nitrogen and oxygen atoms in total. The van der Waals surface area contributed by atoms with Crippen LogP contribution in [0.5, 0.6) is 5.75 Å². The summed E-state index contributed by atoms with van der Waals surface area (Å²) in [5.74, 6) is 0.362. The van der Waals surface area contributed by atoms with E-state index < -0.39 is 9.84 Å². The predicted molar refractivity (Wildman–Crippen MR) is 98.1 cm³/mol. The smallest absolute Gasteiger partial charge is 0.261 e. The summed E-state index contributed by atoms with van der Waals surface area (Å²) in [6, 6.07) is 4.85. The van der Waals surface area contributed by atoms with Gasteiger partial charge in [0.2, 0.25) is 0 Å². The number of sulfone groups is 1. The van der Waals surface area contributed by atoms with Gasteiger partial charge >= 0.3 is 0 Å². The second-order valence-corrected chi connectivity index (χ2v) is 9.65. The molecule has 1 unspecified atom stereocenters. The van der Waals surface area contributed by atoms with Crippen molar-refractivity contribution in [2.75, 3.05) is 18.1 Å². The normalized spacial score (nSPS) is 22.9. The molecule has 2 aliphatic rings. The van der Waals surface area contributed by atoms with Crippen molar-refractivity contribution in [1.29, 1.82) is 0 Å². The summed E-state index contributed by atoms with van der Waals surface area (Å²) in [5, 5.41) is 0.633. The summed E-state index contributed by atoms with van der Waals surface area (Å²) in [7, 11) is -3.06. The number of ether oxygens (including phenoxy) is 1. The van der Waals surface area contributed by atoms with Crippen LogP contribution in [0.4, 0.5) is 0 Å². The molecule has 0 aromatic heterocycles. The first kappa shape index (κ1) is 18.8. The van der Waals surface area contributed by atoms with Crippen LogP contribution >= 0.6 is 23.2 Å². The minimum Gasteiger partial charge on any atom is -0.482 e. The number of benzene rings is 1. The zero-order valence-electron chi connectivity index (χ0n) is 13.8. The summed E-state index contributed by atoms with van der Waals surface area (Å²) < 4.78 is 29.3. The van der Waals surface area contributed by atoms with Crippen molar-refractivity contribution in [3.8, 4) is 5.75 Å². The SMILES string of the molecule is O=C(COc1cccc(Cl)c1Cl)N(C1CCCC1)C1CCS(=O)(=O)C1. The Morgan fingerprint density at radius 1 is 1.16 bits per heavy atom. The lowest BCUT2D eigenvalue weighted by molar-refractivity contribution is -0.137. The molecular formula is C17H21Cl2NO4S. The Morgan fingerprint density at radius 3 is 2.52 bits per heavy atom. The van der Waals surface area contributed by atoms with E-state index in [2.05, 4.69) is 0 Å². The molecule has 0 N–H and O–H groups in total. The molecule has 1 heterocycles. The van der Waals surface area contributed by atoms with Crippen LogP contribution in [0.2, 0.25) is 10.0 Å². The molecule has 1 aliphatic carbocycles. The van der Waals surface area contributed by atoms with E-state index in [0.717, 1.165) is 25.7 Å². The van der Waals surface area contributed by atoms with Crippen molar-refractivity contribution in [3.63, 3.8) is 0 Å². The first-order valence-corrected chi connectivity index (χ1v) is 11.0. The Hall–Kier alpha value is -0.980. The maximum Gasteiger partial charge on any atom is 0.261 e. The molecule has 138 valence electrons. The van der Waals surface area contributed by atoms with Gasteiger partial charge < -0.3 is 9.64 Å². The summed E-state index contributed by atoms with van der Waals surface area (Å²) >= 11 is 12.0. The van der Waals surface area contributed by atoms with Crippen LogP contribution in [0.25, 0.3) is 0 Å². The summed E-state index contributed by atoms with van der Waals surface area (Å²) in [6.07, 6.45) is 4.46. The van der Waals surface area contributed by atoms with Gasteiger partial charge in [0.15, 0.2) is 16.4 Å². The third-order valence-electron chi connectivity index (χ3n) is 4.88. The van der Waals surface area contributed by atoms with Gasteiger partial charge in [0.25, 0.3) is 5.91 Å². The van der Waals surface area contributed by atoms with E-state index in [1.54, 1.807) is 23.1 Å². The second-order valence-electron chi connectivity index (χ2n) is 6.64. The van der Waals surface area contributed by atoms with Crippen LogP contribution in [0.3, 0.4) is 0 Å². The number of hydrogen-bond donors (Lipinski definition) is 0. The fraction of sp³-hybridized carbons (Fsp3) is 0.588. The van der Waals surface area contributed by atoms with Crippen molar-refractivity contribution in [3.05, 3.63) is 28.2 Å². The van der Waals surface area contributed by atoms with Gasteiger partial charge in [0.1, 0.15) is 10.8 Å². The van der Waals surface area contributed by atoms with Gasteiger partial charge in [-0.25, -0.2) is 8.42 Å². The highest BCUT2D eigenvalue weighted by Crippen LogP contribution is 2.32. The van der Waals surface area contributed by atoms with Crippen LogP contribution in [0.1, 0.15) is 32.1 Å². The van der Waals surface area contributed by atoms with Crippen LogP contribution in [0.15, 0.2) is 18.2 Å². The number of nitrogens with zero attached hydrogens (tertiary/aromatic N) is 1. The molecule has 1 aliphatic heterocycles. The summed E-state index contributed by atoms with van der Waals surface area (Å²) in [4.78, 5) is 14.6. The second kappa shape index (κ2) is 7.72. The van der Waals surface area contributed by atoms with Crippen molar-refractivity contribution in [2.45, 2.75) is 44.2 Å². The van der Waals surface area contributed by atoms with Crippen LogP contribution in [0, 0.1) is 0 Å². The van der Waals surface area contributed by atoms with E-state index in [1.807, 2.05) is 0 Å². The molecule has 25 heavy (non-hydrogen) atoms.